The second-order valence-electron chi connectivity index (χ2n) is 5.30. The molecule has 106 valence electrons. The molecule has 0 aromatic heterocycles. The SMILES string of the molecule is N#Cc1cc(F)cc(-c2ccc(F)c(CNC3CC3)c2)c1. The Balaban J connectivity index is 1.92. The van der Waals surface area contributed by atoms with Crippen LogP contribution in [0.5, 0.6) is 0 Å². The van der Waals surface area contributed by atoms with E-state index in [4.69, 9.17) is 5.26 Å². The van der Waals surface area contributed by atoms with Crippen molar-refractivity contribution in [1.82, 2.24) is 5.32 Å². The van der Waals surface area contributed by atoms with Crippen LogP contribution in [-0.4, -0.2) is 6.04 Å². The van der Waals surface area contributed by atoms with Crippen LogP contribution in [0.4, 0.5) is 8.78 Å². The Morgan fingerprint density at radius 2 is 1.90 bits per heavy atom. The summed E-state index contributed by atoms with van der Waals surface area (Å²) in [6, 6.07) is 11.3. The zero-order valence-corrected chi connectivity index (χ0v) is 11.4. The summed E-state index contributed by atoms with van der Waals surface area (Å²) in [5.41, 5.74) is 2.10. The molecular formula is C17H14F2N2. The van der Waals surface area contributed by atoms with Gasteiger partial charge >= 0.3 is 0 Å². The predicted octanol–water partition coefficient (Wildman–Crippen LogP) is 3.76. The average Bonchev–Trinajstić information content (AvgIpc) is 3.30. The highest BCUT2D eigenvalue weighted by Gasteiger charge is 2.20. The van der Waals surface area contributed by atoms with Crippen molar-refractivity contribution in [2.45, 2.75) is 25.4 Å². The zero-order valence-electron chi connectivity index (χ0n) is 11.4. The molecule has 0 amide bonds. The van der Waals surface area contributed by atoms with Gasteiger partial charge in [0.2, 0.25) is 0 Å². The van der Waals surface area contributed by atoms with E-state index in [0.717, 1.165) is 12.8 Å². The van der Waals surface area contributed by atoms with Crippen molar-refractivity contribution >= 4 is 0 Å². The first-order valence-corrected chi connectivity index (χ1v) is 6.88. The molecule has 1 fully saturated rings. The van der Waals surface area contributed by atoms with E-state index in [9.17, 15) is 8.78 Å². The van der Waals surface area contributed by atoms with Crippen LogP contribution in [-0.2, 0) is 6.54 Å². The number of hydrogen-bond acceptors (Lipinski definition) is 2. The van der Waals surface area contributed by atoms with Crippen molar-refractivity contribution in [3.63, 3.8) is 0 Å². The van der Waals surface area contributed by atoms with E-state index < -0.39 is 5.82 Å². The van der Waals surface area contributed by atoms with Crippen LogP contribution in [0, 0.1) is 23.0 Å². The van der Waals surface area contributed by atoms with Gasteiger partial charge in [-0.05, 0) is 54.3 Å². The first-order chi connectivity index (χ1) is 10.2. The summed E-state index contributed by atoms with van der Waals surface area (Å²) in [4.78, 5) is 0. The van der Waals surface area contributed by atoms with Crippen molar-refractivity contribution in [3.8, 4) is 17.2 Å². The van der Waals surface area contributed by atoms with Crippen LogP contribution in [0.2, 0.25) is 0 Å². The summed E-state index contributed by atoms with van der Waals surface area (Å²) >= 11 is 0. The molecule has 3 rings (SSSR count). The molecule has 2 aromatic rings. The maximum Gasteiger partial charge on any atom is 0.127 e. The van der Waals surface area contributed by atoms with E-state index in [1.807, 2.05) is 6.07 Å². The van der Waals surface area contributed by atoms with Gasteiger partial charge in [0.15, 0.2) is 0 Å². The highest BCUT2D eigenvalue weighted by Crippen LogP contribution is 2.25. The Bertz CT molecular complexity index is 715. The summed E-state index contributed by atoms with van der Waals surface area (Å²) < 4.78 is 27.3. The summed E-state index contributed by atoms with van der Waals surface area (Å²) in [5.74, 6) is -0.741. The van der Waals surface area contributed by atoms with E-state index in [-0.39, 0.29) is 11.4 Å². The Morgan fingerprint density at radius 3 is 2.62 bits per heavy atom. The average molecular weight is 284 g/mol. The molecule has 1 aliphatic rings. The molecule has 0 spiro atoms. The number of nitriles is 1. The van der Waals surface area contributed by atoms with E-state index in [0.29, 0.717) is 29.3 Å². The fraction of sp³-hybridized carbons (Fsp3) is 0.235. The van der Waals surface area contributed by atoms with Gasteiger partial charge in [-0.15, -0.1) is 0 Å². The fourth-order valence-electron chi connectivity index (χ4n) is 2.25. The topological polar surface area (TPSA) is 35.8 Å². The van der Waals surface area contributed by atoms with Crippen LogP contribution in [0.25, 0.3) is 11.1 Å². The molecule has 0 unspecified atom stereocenters. The minimum absolute atomic E-state index is 0.256. The van der Waals surface area contributed by atoms with Gasteiger partial charge in [-0.1, -0.05) is 6.07 Å². The number of nitrogens with zero attached hydrogens (tertiary/aromatic N) is 1. The first kappa shape index (κ1) is 13.7. The standard InChI is InChI=1S/C17H14F2N2/c18-15-6-11(9-20)5-13(8-15)12-1-4-17(19)14(7-12)10-21-16-2-3-16/h1,4-8,16,21H,2-3,10H2. The van der Waals surface area contributed by atoms with Crippen molar-refractivity contribution in [1.29, 1.82) is 5.26 Å². The number of rotatable bonds is 4. The fourth-order valence-corrected chi connectivity index (χ4v) is 2.25. The summed E-state index contributed by atoms with van der Waals surface area (Å²) in [6.07, 6.45) is 2.27. The number of hydrogen-bond donors (Lipinski definition) is 1. The van der Waals surface area contributed by atoms with Crippen molar-refractivity contribution in [3.05, 3.63) is 59.2 Å². The molecule has 4 heteroatoms. The van der Waals surface area contributed by atoms with Gasteiger partial charge in [-0.3, -0.25) is 0 Å². The van der Waals surface area contributed by atoms with Crippen LogP contribution in [0.1, 0.15) is 24.0 Å². The Kier molecular flexibility index (Phi) is 3.68. The zero-order chi connectivity index (χ0) is 14.8. The third kappa shape index (κ3) is 3.26. The predicted molar refractivity (Wildman–Crippen MR) is 76.4 cm³/mol. The third-order valence-electron chi connectivity index (χ3n) is 3.56. The minimum Gasteiger partial charge on any atom is -0.310 e. The third-order valence-corrected chi connectivity index (χ3v) is 3.56. The Labute approximate surface area is 122 Å². The maximum absolute atomic E-state index is 13.8. The van der Waals surface area contributed by atoms with Crippen LogP contribution in [0.15, 0.2) is 36.4 Å². The lowest BCUT2D eigenvalue weighted by atomic mass is 10.0. The van der Waals surface area contributed by atoms with Gasteiger partial charge in [-0.25, -0.2) is 8.78 Å². The van der Waals surface area contributed by atoms with Crippen LogP contribution < -0.4 is 5.32 Å². The molecule has 2 nitrogen and oxygen atoms in total. The lowest BCUT2D eigenvalue weighted by Gasteiger charge is -2.09. The molecule has 0 bridgehead atoms. The van der Waals surface area contributed by atoms with Gasteiger partial charge in [0.05, 0.1) is 11.6 Å². The van der Waals surface area contributed by atoms with E-state index in [1.165, 1.54) is 18.2 Å². The van der Waals surface area contributed by atoms with Crippen molar-refractivity contribution < 1.29 is 8.78 Å². The molecule has 1 aliphatic carbocycles. The first-order valence-electron chi connectivity index (χ1n) is 6.88. The summed E-state index contributed by atoms with van der Waals surface area (Å²) in [7, 11) is 0. The largest absolute Gasteiger partial charge is 0.310 e. The molecule has 0 radical (unpaired) electrons. The molecule has 0 aliphatic heterocycles. The summed E-state index contributed by atoms with van der Waals surface area (Å²) in [6.45, 7) is 0.463. The van der Waals surface area contributed by atoms with Crippen molar-refractivity contribution in [2.75, 3.05) is 0 Å². The van der Waals surface area contributed by atoms with Gasteiger partial charge in [0, 0.05) is 18.2 Å². The number of benzene rings is 2. The Hall–Kier alpha value is -2.25. The normalized spacial score (nSPS) is 14.0. The second-order valence-corrected chi connectivity index (χ2v) is 5.30. The minimum atomic E-state index is -0.467. The Morgan fingerprint density at radius 1 is 1.10 bits per heavy atom. The molecular weight excluding hydrogens is 270 g/mol. The molecule has 2 aromatic carbocycles. The number of halogens is 2. The highest BCUT2D eigenvalue weighted by molar-refractivity contribution is 5.66. The van der Waals surface area contributed by atoms with Gasteiger partial charge in [-0.2, -0.15) is 5.26 Å². The van der Waals surface area contributed by atoms with Gasteiger partial charge in [0.25, 0.3) is 0 Å². The molecule has 0 atom stereocenters. The molecule has 21 heavy (non-hydrogen) atoms. The van der Waals surface area contributed by atoms with E-state index >= 15 is 0 Å². The monoisotopic (exact) mass is 284 g/mol. The molecule has 0 heterocycles. The van der Waals surface area contributed by atoms with Gasteiger partial charge < -0.3 is 5.32 Å². The van der Waals surface area contributed by atoms with Gasteiger partial charge in [0.1, 0.15) is 11.6 Å². The van der Waals surface area contributed by atoms with E-state index in [2.05, 4.69) is 5.32 Å². The molecule has 1 saturated carbocycles. The van der Waals surface area contributed by atoms with Crippen LogP contribution >= 0.6 is 0 Å². The quantitative estimate of drug-likeness (QED) is 0.928. The number of nitrogens with one attached hydrogen (secondary N) is 1. The molecule has 0 saturated heterocycles. The van der Waals surface area contributed by atoms with Crippen molar-refractivity contribution in [2.24, 2.45) is 0 Å². The highest BCUT2D eigenvalue weighted by atomic mass is 19.1. The van der Waals surface area contributed by atoms with Crippen LogP contribution in [0.3, 0.4) is 0 Å². The maximum atomic E-state index is 13.8. The lowest BCUT2D eigenvalue weighted by molar-refractivity contribution is 0.587. The lowest BCUT2D eigenvalue weighted by Crippen LogP contribution is -2.16. The smallest absolute Gasteiger partial charge is 0.127 e. The second kappa shape index (κ2) is 5.63. The molecule has 1 N–H and O–H groups in total. The van der Waals surface area contributed by atoms with E-state index in [1.54, 1.807) is 18.2 Å². The summed E-state index contributed by atoms with van der Waals surface area (Å²) in [5, 5.41) is 12.2.